The van der Waals surface area contributed by atoms with Crippen molar-refractivity contribution in [2.75, 3.05) is 5.32 Å². The van der Waals surface area contributed by atoms with E-state index < -0.39 is 34.9 Å². The molecule has 0 bridgehead atoms. The summed E-state index contributed by atoms with van der Waals surface area (Å²) >= 11 is 3.19. The number of aromatic nitrogens is 1. The third-order valence-electron chi connectivity index (χ3n) is 3.59. The van der Waals surface area contributed by atoms with Gasteiger partial charge in [-0.15, -0.1) is 0 Å². The van der Waals surface area contributed by atoms with E-state index in [0.717, 1.165) is 12.1 Å². The first-order chi connectivity index (χ1) is 13.1. The zero-order valence-corrected chi connectivity index (χ0v) is 16.7. The van der Waals surface area contributed by atoms with Crippen LogP contribution in [0.2, 0.25) is 0 Å². The summed E-state index contributed by atoms with van der Waals surface area (Å²) in [6, 6.07) is 4.94. The van der Waals surface area contributed by atoms with Gasteiger partial charge < -0.3 is 14.5 Å². The van der Waals surface area contributed by atoms with Gasteiger partial charge in [0.05, 0.1) is 15.7 Å². The molecule has 3 rings (SSSR count). The van der Waals surface area contributed by atoms with Crippen molar-refractivity contribution in [1.29, 1.82) is 0 Å². The minimum absolute atomic E-state index is 0.0110. The van der Waals surface area contributed by atoms with Crippen LogP contribution >= 0.6 is 15.9 Å². The smallest absolute Gasteiger partial charge is 0.412 e. The van der Waals surface area contributed by atoms with Crippen LogP contribution in [0, 0.1) is 17.5 Å². The fourth-order valence-corrected chi connectivity index (χ4v) is 3.03. The molecule has 0 saturated carbocycles. The molecule has 1 aromatic heterocycles. The van der Waals surface area contributed by atoms with Gasteiger partial charge in [0.25, 0.3) is 0 Å². The van der Waals surface area contributed by atoms with Gasteiger partial charge in [-0.25, -0.2) is 13.6 Å². The Kier molecular flexibility index (Phi) is 5.29. The summed E-state index contributed by atoms with van der Waals surface area (Å²) in [5.41, 5.74) is -1.01. The Morgan fingerprint density at radius 2 is 1.86 bits per heavy atom. The molecular formula is C19H16BrF3N2O3. The summed E-state index contributed by atoms with van der Waals surface area (Å²) in [6.45, 7) is 4.98. The average molecular weight is 457 g/mol. The first kappa shape index (κ1) is 20.1. The number of benzene rings is 2. The first-order valence-electron chi connectivity index (χ1n) is 8.18. The number of carbonyl (C=O) groups is 1. The lowest BCUT2D eigenvalue weighted by molar-refractivity contribution is 0.0635. The Hall–Kier alpha value is -2.68. The van der Waals surface area contributed by atoms with Crippen molar-refractivity contribution in [1.82, 2.24) is 4.98 Å². The third-order valence-corrected chi connectivity index (χ3v) is 4.38. The lowest BCUT2D eigenvalue weighted by atomic mass is 10.2. The van der Waals surface area contributed by atoms with Crippen LogP contribution < -0.4 is 10.1 Å². The molecule has 2 aromatic carbocycles. The summed E-state index contributed by atoms with van der Waals surface area (Å²) in [4.78, 5) is 14.5. The fourth-order valence-electron chi connectivity index (χ4n) is 2.45. The number of ether oxygens (including phenoxy) is 2. The molecule has 1 amide bonds. The highest BCUT2D eigenvalue weighted by Crippen LogP contribution is 2.40. The number of hydrogen-bond acceptors (Lipinski definition) is 3. The normalized spacial score (nSPS) is 11.5. The highest BCUT2D eigenvalue weighted by molar-refractivity contribution is 9.10. The quantitative estimate of drug-likeness (QED) is 0.442. The van der Waals surface area contributed by atoms with E-state index in [9.17, 15) is 18.0 Å². The van der Waals surface area contributed by atoms with Gasteiger partial charge in [0.2, 0.25) is 5.82 Å². The summed E-state index contributed by atoms with van der Waals surface area (Å²) in [5.74, 6) is -3.48. The van der Waals surface area contributed by atoms with Gasteiger partial charge in [0.15, 0.2) is 11.6 Å². The molecule has 28 heavy (non-hydrogen) atoms. The van der Waals surface area contributed by atoms with E-state index in [1.807, 2.05) is 0 Å². The zero-order chi connectivity index (χ0) is 20.6. The number of fused-ring (bicyclic) bond motifs is 1. The average Bonchev–Trinajstić information content (AvgIpc) is 3.08. The monoisotopic (exact) mass is 456 g/mol. The second kappa shape index (κ2) is 7.38. The molecule has 0 aliphatic carbocycles. The minimum Gasteiger partial charge on any atom is -0.453 e. The van der Waals surface area contributed by atoms with E-state index in [-0.39, 0.29) is 21.4 Å². The van der Waals surface area contributed by atoms with Crippen LogP contribution in [0.5, 0.6) is 11.5 Å². The van der Waals surface area contributed by atoms with Crippen LogP contribution in [0.1, 0.15) is 20.8 Å². The van der Waals surface area contributed by atoms with Crippen LogP contribution in [0.25, 0.3) is 10.9 Å². The van der Waals surface area contributed by atoms with Crippen LogP contribution in [0.15, 0.2) is 34.9 Å². The summed E-state index contributed by atoms with van der Waals surface area (Å²) in [5, 5.41) is 2.64. The van der Waals surface area contributed by atoms with E-state index in [1.165, 1.54) is 12.3 Å². The summed E-state index contributed by atoms with van der Waals surface area (Å²) in [7, 11) is 0. The molecule has 0 spiro atoms. The Balaban J connectivity index is 1.92. The number of hydrogen-bond donors (Lipinski definition) is 2. The molecule has 9 heteroatoms. The molecule has 0 saturated heterocycles. The number of H-pyrrole nitrogens is 1. The van der Waals surface area contributed by atoms with Gasteiger partial charge in [0.1, 0.15) is 17.2 Å². The SMILES string of the molecule is CC(C)(C)OC(=O)Nc1cc(Oc2c(F)c(F)c3[nH]ccc3c2Br)ccc1F. The summed E-state index contributed by atoms with van der Waals surface area (Å²) < 4.78 is 53.3. The molecule has 0 unspecified atom stereocenters. The molecule has 5 nitrogen and oxygen atoms in total. The third kappa shape index (κ3) is 4.09. The van der Waals surface area contributed by atoms with Crippen LogP contribution in [0.3, 0.4) is 0 Å². The van der Waals surface area contributed by atoms with Crippen LogP contribution in [-0.4, -0.2) is 16.7 Å². The highest BCUT2D eigenvalue weighted by Gasteiger charge is 2.22. The van der Waals surface area contributed by atoms with Gasteiger partial charge in [-0.05, 0) is 54.9 Å². The molecule has 3 aromatic rings. The number of rotatable bonds is 3. The minimum atomic E-state index is -1.21. The topological polar surface area (TPSA) is 63.4 Å². The van der Waals surface area contributed by atoms with E-state index in [0.29, 0.717) is 5.39 Å². The first-order valence-corrected chi connectivity index (χ1v) is 8.97. The second-order valence-corrected chi connectivity index (χ2v) is 7.70. The van der Waals surface area contributed by atoms with Crippen LogP contribution in [-0.2, 0) is 4.74 Å². The molecular weight excluding hydrogens is 441 g/mol. The maximum Gasteiger partial charge on any atom is 0.412 e. The molecule has 0 aliphatic heterocycles. The Labute approximate surface area is 167 Å². The van der Waals surface area contributed by atoms with E-state index >= 15 is 0 Å². The Morgan fingerprint density at radius 1 is 1.14 bits per heavy atom. The number of amides is 1. The van der Waals surface area contributed by atoms with E-state index in [4.69, 9.17) is 9.47 Å². The Bertz CT molecular complexity index is 1060. The van der Waals surface area contributed by atoms with Crippen LogP contribution in [0.4, 0.5) is 23.7 Å². The summed E-state index contributed by atoms with van der Waals surface area (Å²) in [6.07, 6.45) is 0.596. The number of aromatic amines is 1. The van der Waals surface area contributed by atoms with Crippen molar-refractivity contribution >= 4 is 38.6 Å². The van der Waals surface area contributed by atoms with Gasteiger partial charge >= 0.3 is 6.09 Å². The number of carbonyl (C=O) groups excluding carboxylic acids is 1. The fraction of sp³-hybridized carbons (Fsp3) is 0.211. The maximum absolute atomic E-state index is 14.4. The standard InChI is InChI=1S/C19H16BrF3N2O3/c1-19(2,3)28-18(26)25-12-8-9(4-5-11(12)21)27-17-13(20)10-6-7-24-16(10)14(22)15(17)23/h4-8,24H,1-3H3,(H,25,26). The van der Waals surface area contributed by atoms with Crippen molar-refractivity contribution in [2.45, 2.75) is 26.4 Å². The largest absolute Gasteiger partial charge is 0.453 e. The molecule has 0 aliphatic rings. The number of halogens is 4. The van der Waals surface area contributed by atoms with Crippen molar-refractivity contribution < 1.29 is 27.4 Å². The van der Waals surface area contributed by atoms with Gasteiger partial charge in [-0.3, -0.25) is 5.32 Å². The van der Waals surface area contributed by atoms with E-state index in [2.05, 4.69) is 26.2 Å². The molecule has 0 atom stereocenters. The predicted molar refractivity (Wildman–Crippen MR) is 102 cm³/mol. The molecule has 148 valence electrons. The van der Waals surface area contributed by atoms with Crippen molar-refractivity contribution in [3.63, 3.8) is 0 Å². The van der Waals surface area contributed by atoms with Gasteiger partial charge in [-0.1, -0.05) is 0 Å². The van der Waals surface area contributed by atoms with Gasteiger partial charge in [-0.2, -0.15) is 4.39 Å². The number of anilines is 1. The second-order valence-electron chi connectivity index (χ2n) is 6.91. The molecule has 2 N–H and O–H groups in total. The molecule has 0 radical (unpaired) electrons. The Morgan fingerprint density at radius 3 is 2.54 bits per heavy atom. The predicted octanol–water partition coefficient (Wildman–Crippen LogP) is 6.49. The lowest BCUT2D eigenvalue weighted by Crippen LogP contribution is -2.27. The number of nitrogens with one attached hydrogen (secondary N) is 2. The molecule has 1 heterocycles. The van der Waals surface area contributed by atoms with E-state index in [1.54, 1.807) is 26.8 Å². The van der Waals surface area contributed by atoms with Crippen molar-refractivity contribution in [2.24, 2.45) is 0 Å². The highest BCUT2D eigenvalue weighted by atomic mass is 79.9. The molecule has 0 fully saturated rings. The lowest BCUT2D eigenvalue weighted by Gasteiger charge is -2.20. The van der Waals surface area contributed by atoms with Crippen molar-refractivity contribution in [3.05, 3.63) is 52.4 Å². The zero-order valence-electron chi connectivity index (χ0n) is 15.1. The van der Waals surface area contributed by atoms with Crippen molar-refractivity contribution in [3.8, 4) is 11.5 Å². The van der Waals surface area contributed by atoms with Gasteiger partial charge in [0, 0.05) is 17.6 Å². The maximum atomic E-state index is 14.4.